The number of benzene rings is 2. The zero-order valence-electron chi connectivity index (χ0n) is 14.5. The number of hydrogen-bond donors (Lipinski definition) is 0. The van der Waals surface area contributed by atoms with E-state index in [0.717, 1.165) is 18.4 Å². The van der Waals surface area contributed by atoms with Crippen molar-refractivity contribution in [3.63, 3.8) is 0 Å². The van der Waals surface area contributed by atoms with Crippen LogP contribution in [0.1, 0.15) is 20.3 Å². The summed E-state index contributed by atoms with van der Waals surface area (Å²) in [4.78, 5) is 0. The molecule has 0 saturated heterocycles. The molecule has 2 aromatic rings. The third-order valence-corrected chi connectivity index (χ3v) is 8.27. The molecular weight excluding hydrogens is 376 g/mol. The van der Waals surface area contributed by atoms with Gasteiger partial charge in [-0.2, -0.15) is 0 Å². The van der Waals surface area contributed by atoms with Crippen LogP contribution in [-0.2, 0) is 4.74 Å². The summed E-state index contributed by atoms with van der Waals surface area (Å²) in [5, 5.41) is 3.95. The van der Waals surface area contributed by atoms with Crippen LogP contribution in [-0.4, -0.2) is 27.3 Å². The SMILES string of the molecule is CC(C)(COCC#CCCBr)[SiH](c1ccccc1)c1ccccc1. The van der Waals surface area contributed by atoms with Crippen LogP contribution in [0.25, 0.3) is 0 Å². The van der Waals surface area contributed by atoms with Crippen molar-refractivity contribution >= 4 is 35.1 Å². The van der Waals surface area contributed by atoms with Gasteiger partial charge in [0.15, 0.2) is 0 Å². The molecule has 0 spiro atoms. The van der Waals surface area contributed by atoms with E-state index in [4.69, 9.17) is 4.74 Å². The van der Waals surface area contributed by atoms with Crippen molar-refractivity contribution < 1.29 is 4.74 Å². The lowest BCUT2D eigenvalue weighted by Crippen LogP contribution is -2.51. The van der Waals surface area contributed by atoms with Crippen LogP contribution in [0.3, 0.4) is 0 Å². The molecular formula is C21H25BrOSi. The van der Waals surface area contributed by atoms with Crippen molar-refractivity contribution in [1.29, 1.82) is 0 Å². The summed E-state index contributed by atoms with van der Waals surface area (Å²) in [6, 6.07) is 21.8. The Morgan fingerprint density at radius 1 is 0.917 bits per heavy atom. The molecule has 0 saturated carbocycles. The molecule has 0 heterocycles. The first-order valence-electron chi connectivity index (χ1n) is 8.34. The Balaban J connectivity index is 2.15. The summed E-state index contributed by atoms with van der Waals surface area (Å²) in [7, 11) is -1.41. The fourth-order valence-corrected chi connectivity index (χ4v) is 6.91. The maximum absolute atomic E-state index is 5.91. The minimum Gasteiger partial charge on any atom is -0.369 e. The van der Waals surface area contributed by atoms with Gasteiger partial charge in [0.05, 0.1) is 6.61 Å². The monoisotopic (exact) mass is 400 g/mol. The summed E-state index contributed by atoms with van der Waals surface area (Å²) < 4.78 is 5.91. The second-order valence-electron chi connectivity index (χ2n) is 6.53. The van der Waals surface area contributed by atoms with Crippen LogP contribution in [0.5, 0.6) is 0 Å². The van der Waals surface area contributed by atoms with Gasteiger partial charge in [-0.25, -0.2) is 0 Å². The standard InChI is InChI=1S/C21H25BrOSi/c1-21(2,18-23-17-11-5-10-16-22)24(19-12-6-3-7-13-19)20-14-8-4-9-15-20/h3-4,6-9,12-15,24H,10,16-18H2,1-2H3. The lowest BCUT2D eigenvalue weighted by atomic mass is 10.2. The van der Waals surface area contributed by atoms with E-state index in [2.05, 4.69) is 102 Å². The van der Waals surface area contributed by atoms with E-state index in [-0.39, 0.29) is 5.04 Å². The molecule has 0 aliphatic carbocycles. The summed E-state index contributed by atoms with van der Waals surface area (Å²) >= 11 is 3.38. The Hall–Kier alpha value is -1.34. The first-order chi connectivity index (χ1) is 11.6. The maximum atomic E-state index is 5.91. The summed E-state index contributed by atoms with van der Waals surface area (Å²) in [6.07, 6.45) is 0.873. The molecule has 0 N–H and O–H groups in total. The maximum Gasteiger partial charge on any atom is 0.110 e. The minimum atomic E-state index is -1.41. The Morgan fingerprint density at radius 2 is 1.46 bits per heavy atom. The van der Waals surface area contributed by atoms with E-state index in [1.165, 1.54) is 10.4 Å². The Morgan fingerprint density at radius 3 is 1.96 bits per heavy atom. The summed E-state index contributed by atoms with van der Waals surface area (Å²) in [5.74, 6) is 6.19. The highest BCUT2D eigenvalue weighted by atomic mass is 79.9. The molecule has 0 radical (unpaired) electrons. The number of alkyl halides is 1. The smallest absolute Gasteiger partial charge is 0.110 e. The molecule has 0 atom stereocenters. The van der Waals surface area contributed by atoms with Gasteiger partial charge in [-0.3, -0.25) is 0 Å². The van der Waals surface area contributed by atoms with Crippen molar-refractivity contribution in [2.24, 2.45) is 0 Å². The molecule has 2 rings (SSSR count). The van der Waals surface area contributed by atoms with Crippen LogP contribution in [0.2, 0.25) is 5.04 Å². The first-order valence-corrected chi connectivity index (χ1v) is 11.2. The topological polar surface area (TPSA) is 9.23 Å². The zero-order valence-corrected chi connectivity index (χ0v) is 17.2. The van der Waals surface area contributed by atoms with Crippen molar-refractivity contribution in [3.05, 3.63) is 60.7 Å². The van der Waals surface area contributed by atoms with Gasteiger partial charge < -0.3 is 4.74 Å². The first kappa shape index (κ1) is 19.0. The highest BCUT2D eigenvalue weighted by Crippen LogP contribution is 2.28. The second kappa shape index (κ2) is 9.83. The molecule has 0 aromatic heterocycles. The van der Waals surface area contributed by atoms with Gasteiger partial charge in [0.25, 0.3) is 0 Å². The van der Waals surface area contributed by atoms with Gasteiger partial charge in [-0.15, -0.1) is 0 Å². The van der Waals surface area contributed by atoms with Crippen LogP contribution in [0.15, 0.2) is 60.7 Å². The highest BCUT2D eigenvalue weighted by molar-refractivity contribution is 9.09. The molecule has 0 aliphatic heterocycles. The zero-order chi connectivity index (χ0) is 17.3. The molecule has 0 amide bonds. The van der Waals surface area contributed by atoms with Crippen molar-refractivity contribution in [3.8, 4) is 11.8 Å². The molecule has 0 aliphatic rings. The van der Waals surface area contributed by atoms with E-state index >= 15 is 0 Å². The molecule has 0 bridgehead atoms. The fraction of sp³-hybridized carbons (Fsp3) is 0.333. The normalized spacial score (nSPS) is 11.2. The minimum absolute atomic E-state index is 0.111. The van der Waals surface area contributed by atoms with Gasteiger partial charge in [0.1, 0.15) is 15.4 Å². The highest BCUT2D eigenvalue weighted by Gasteiger charge is 2.34. The number of rotatable bonds is 7. The molecule has 2 aromatic carbocycles. The van der Waals surface area contributed by atoms with Crippen molar-refractivity contribution in [2.45, 2.75) is 25.3 Å². The molecule has 0 fully saturated rings. The van der Waals surface area contributed by atoms with Crippen molar-refractivity contribution in [2.75, 3.05) is 18.5 Å². The van der Waals surface area contributed by atoms with E-state index in [0.29, 0.717) is 6.61 Å². The van der Waals surface area contributed by atoms with Crippen LogP contribution in [0.4, 0.5) is 0 Å². The molecule has 24 heavy (non-hydrogen) atoms. The molecule has 1 nitrogen and oxygen atoms in total. The van der Waals surface area contributed by atoms with Crippen LogP contribution in [0, 0.1) is 11.8 Å². The Bertz CT molecular complexity index is 619. The van der Waals surface area contributed by atoms with E-state index in [1.807, 2.05) is 0 Å². The lowest BCUT2D eigenvalue weighted by molar-refractivity contribution is 0.143. The van der Waals surface area contributed by atoms with E-state index in [1.54, 1.807) is 0 Å². The lowest BCUT2D eigenvalue weighted by Gasteiger charge is -2.33. The van der Waals surface area contributed by atoms with Gasteiger partial charge >= 0.3 is 0 Å². The van der Waals surface area contributed by atoms with Crippen molar-refractivity contribution in [1.82, 2.24) is 0 Å². The van der Waals surface area contributed by atoms with E-state index in [9.17, 15) is 0 Å². The predicted octanol–water partition coefficient (Wildman–Crippen LogP) is 3.61. The number of halogens is 1. The second-order valence-corrected chi connectivity index (χ2v) is 11.1. The quantitative estimate of drug-likeness (QED) is 0.298. The molecule has 126 valence electrons. The Kier molecular flexibility index (Phi) is 7.78. The molecule has 3 heteroatoms. The molecule has 0 unspecified atom stereocenters. The van der Waals surface area contributed by atoms with E-state index < -0.39 is 8.80 Å². The van der Waals surface area contributed by atoms with Crippen LogP contribution >= 0.6 is 15.9 Å². The van der Waals surface area contributed by atoms with Gasteiger partial charge in [-0.05, 0) is 5.04 Å². The van der Waals surface area contributed by atoms with Gasteiger partial charge in [0.2, 0.25) is 0 Å². The summed E-state index contributed by atoms with van der Waals surface area (Å²) in [5.41, 5.74) is 0. The third kappa shape index (κ3) is 5.63. The third-order valence-electron chi connectivity index (χ3n) is 4.04. The average Bonchev–Trinajstić information content (AvgIpc) is 2.60. The van der Waals surface area contributed by atoms with Crippen LogP contribution < -0.4 is 10.4 Å². The van der Waals surface area contributed by atoms with Gasteiger partial charge in [-0.1, -0.05) is 113 Å². The van der Waals surface area contributed by atoms with Gasteiger partial charge in [0, 0.05) is 11.8 Å². The largest absolute Gasteiger partial charge is 0.369 e. The Labute approximate surface area is 156 Å². The number of ether oxygens (including phenoxy) is 1. The number of hydrogen-bond acceptors (Lipinski definition) is 1. The average molecular weight is 401 g/mol. The summed E-state index contributed by atoms with van der Waals surface area (Å²) in [6.45, 7) is 5.91. The fourth-order valence-electron chi connectivity index (χ4n) is 3.02. The predicted molar refractivity (Wildman–Crippen MR) is 110 cm³/mol.